The molecule has 2 aromatic carbocycles. The van der Waals surface area contributed by atoms with Crippen molar-refractivity contribution in [2.24, 2.45) is 0 Å². The van der Waals surface area contributed by atoms with Crippen LogP contribution in [0.1, 0.15) is 10.4 Å². The summed E-state index contributed by atoms with van der Waals surface area (Å²) in [6, 6.07) is 9.82. The minimum atomic E-state index is -0.371. The molecule has 0 spiro atoms. The number of carbonyl (C=O) groups excluding carboxylic acids is 1. The highest BCUT2D eigenvalue weighted by Crippen LogP contribution is 2.25. The Bertz CT molecular complexity index is 643. The van der Waals surface area contributed by atoms with Gasteiger partial charge in [0.1, 0.15) is 5.82 Å². The van der Waals surface area contributed by atoms with Gasteiger partial charge in [0.25, 0.3) is 0 Å². The average molecular weight is 275 g/mol. The van der Waals surface area contributed by atoms with E-state index in [1.54, 1.807) is 24.1 Å². The summed E-state index contributed by atoms with van der Waals surface area (Å²) in [5, 5.41) is 18.6. The van der Waals surface area contributed by atoms with Gasteiger partial charge in [-0.05, 0) is 36.4 Å². The molecule has 2 aromatic rings. The number of hydrogen-bond donors (Lipinski definition) is 2. The molecule has 2 N–H and O–H groups in total. The molecule has 0 bridgehead atoms. The standard InChI is InChI=1S/C15H14FNO3/c1-17(12-4-2-3-11(16)8-12)9-15(20)10-5-6-13(18)14(19)7-10/h2-8,18-19H,9H2,1H3. The van der Waals surface area contributed by atoms with Gasteiger partial charge in [-0.2, -0.15) is 0 Å². The molecule has 5 heteroatoms. The molecule has 0 aliphatic heterocycles. The molecular formula is C15H14FNO3. The second-order valence-electron chi connectivity index (χ2n) is 4.46. The number of benzene rings is 2. The lowest BCUT2D eigenvalue weighted by molar-refractivity contribution is 0.1000. The number of Topliss-reactive ketones (excluding diaryl/α,β-unsaturated/α-hetero) is 1. The minimum absolute atomic E-state index is 0.0354. The van der Waals surface area contributed by atoms with E-state index in [1.807, 2.05) is 0 Å². The summed E-state index contributed by atoms with van der Waals surface area (Å²) in [6.07, 6.45) is 0. The fourth-order valence-electron chi connectivity index (χ4n) is 1.81. The number of halogens is 1. The number of phenolic OH excluding ortho intramolecular Hbond substituents is 2. The van der Waals surface area contributed by atoms with Crippen LogP contribution in [0.15, 0.2) is 42.5 Å². The Kier molecular flexibility index (Phi) is 3.89. The van der Waals surface area contributed by atoms with Gasteiger partial charge in [0.15, 0.2) is 17.3 Å². The number of anilines is 1. The van der Waals surface area contributed by atoms with Crippen molar-refractivity contribution in [1.29, 1.82) is 0 Å². The first kappa shape index (κ1) is 13.9. The first-order valence-corrected chi connectivity index (χ1v) is 5.99. The molecule has 104 valence electrons. The third-order valence-corrected chi connectivity index (χ3v) is 2.93. The number of carbonyl (C=O) groups is 1. The second kappa shape index (κ2) is 5.61. The predicted octanol–water partition coefficient (Wildman–Crippen LogP) is 2.56. The summed E-state index contributed by atoms with van der Waals surface area (Å²) >= 11 is 0. The zero-order valence-corrected chi connectivity index (χ0v) is 10.9. The van der Waals surface area contributed by atoms with Crippen LogP contribution in [-0.4, -0.2) is 29.6 Å². The molecule has 0 saturated heterocycles. The quantitative estimate of drug-likeness (QED) is 0.665. The normalized spacial score (nSPS) is 10.3. The van der Waals surface area contributed by atoms with E-state index in [-0.39, 0.29) is 35.2 Å². The van der Waals surface area contributed by atoms with Crippen molar-refractivity contribution in [3.8, 4) is 11.5 Å². The number of nitrogens with zero attached hydrogens (tertiary/aromatic N) is 1. The lowest BCUT2D eigenvalue weighted by Gasteiger charge is -2.18. The molecular weight excluding hydrogens is 261 g/mol. The van der Waals surface area contributed by atoms with E-state index in [4.69, 9.17) is 0 Å². The summed E-state index contributed by atoms with van der Waals surface area (Å²) in [7, 11) is 1.67. The summed E-state index contributed by atoms with van der Waals surface area (Å²) < 4.78 is 13.1. The monoisotopic (exact) mass is 275 g/mol. The summed E-state index contributed by atoms with van der Waals surface area (Å²) in [5.41, 5.74) is 0.866. The topological polar surface area (TPSA) is 60.8 Å². The number of likely N-dealkylation sites (N-methyl/N-ethyl adjacent to an activating group) is 1. The van der Waals surface area contributed by atoms with E-state index in [2.05, 4.69) is 0 Å². The van der Waals surface area contributed by atoms with Gasteiger partial charge in [-0.3, -0.25) is 4.79 Å². The zero-order chi connectivity index (χ0) is 14.7. The van der Waals surface area contributed by atoms with Crippen molar-refractivity contribution in [1.82, 2.24) is 0 Å². The highest BCUT2D eigenvalue weighted by atomic mass is 19.1. The maximum Gasteiger partial charge on any atom is 0.182 e. The molecule has 0 aliphatic rings. The molecule has 2 rings (SSSR count). The highest BCUT2D eigenvalue weighted by molar-refractivity contribution is 5.99. The molecule has 0 aliphatic carbocycles. The Labute approximate surface area is 115 Å². The van der Waals surface area contributed by atoms with Gasteiger partial charge in [-0.15, -0.1) is 0 Å². The molecule has 0 heterocycles. The predicted molar refractivity (Wildman–Crippen MR) is 73.8 cm³/mol. The van der Waals surface area contributed by atoms with Gasteiger partial charge in [0.2, 0.25) is 0 Å². The van der Waals surface area contributed by atoms with Crippen molar-refractivity contribution < 1.29 is 19.4 Å². The van der Waals surface area contributed by atoms with Crippen molar-refractivity contribution in [3.05, 3.63) is 53.8 Å². The van der Waals surface area contributed by atoms with Crippen LogP contribution in [0.5, 0.6) is 11.5 Å². The highest BCUT2D eigenvalue weighted by Gasteiger charge is 2.12. The molecule has 0 radical (unpaired) electrons. The third-order valence-electron chi connectivity index (χ3n) is 2.93. The molecule has 0 fully saturated rings. The van der Waals surface area contributed by atoms with E-state index in [1.165, 1.54) is 30.3 Å². The Morgan fingerprint density at radius 3 is 2.55 bits per heavy atom. The molecule has 0 amide bonds. The van der Waals surface area contributed by atoms with E-state index in [0.717, 1.165) is 0 Å². The smallest absolute Gasteiger partial charge is 0.182 e. The van der Waals surface area contributed by atoms with Gasteiger partial charge >= 0.3 is 0 Å². The van der Waals surface area contributed by atoms with Crippen molar-refractivity contribution in [2.45, 2.75) is 0 Å². The lowest BCUT2D eigenvalue weighted by atomic mass is 10.1. The van der Waals surface area contributed by atoms with Crippen LogP contribution in [0.4, 0.5) is 10.1 Å². The molecule has 20 heavy (non-hydrogen) atoms. The SMILES string of the molecule is CN(CC(=O)c1ccc(O)c(O)c1)c1cccc(F)c1. The van der Waals surface area contributed by atoms with Crippen LogP contribution in [0, 0.1) is 5.82 Å². The van der Waals surface area contributed by atoms with Crippen LogP contribution in [0.25, 0.3) is 0 Å². The Morgan fingerprint density at radius 1 is 1.15 bits per heavy atom. The maximum absolute atomic E-state index is 13.1. The molecule has 0 aromatic heterocycles. The summed E-state index contributed by atoms with van der Waals surface area (Å²) in [6.45, 7) is 0.0354. The largest absolute Gasteiger partial charge is 0.504 e. The minimum Gasteiger partial charge on any atom is -0.504 e. The average Bonchev–Trinajstić information content (AvgIpc) is 2.41. The van der Waals surface area contributed by atoms with Gasteiger partial charge in [0, 0.05) is 18.3 Å². The first-order valence-electron chi connectivity index (χ1n) is 5.99. The summed E-state index contributed by atoms with van der Waals surface area (Å²) in [5.74, 6) is -1.24. The van der Waals surface area contributed by atoms with Crippen LogP contribution in [0.3, 0.4) is 0 Å². The number of hydrogen-bond acceptors (Lipinski definition) is 4. The fourth-order valence-corrected chi connectivity index (χ4v) is 1.81. The van der Waals surface area contributed by atoms with Crippen LogP contribution in [-0.2, 0) is 0 Å². The fraction of sp³-hybridized carbons (Fsp3) is 0.133. The van der Waals surface area contributed by atoms with Crippen molar-refractivity contribution >= 4 is 11.5 Å². The molecule has 0 saturated carbocycles. The summed E-state index contributed by atoms with van der Waals surface area (Å²) in [4.78, 5) is 13.7. The van der Waals surface area contributed by atoms with Gasteiger partial charge in [-0.25, -0.2) is 4.39 Å². The Morgan fingerprint density at radius 2 is 1.90 bits per heavy atom. The lowest BCUT2D eigenvalue weighted by Crippen LogP contribution is -2.25. The zero-order valence-electron chi connectivity index (χ0n) is 10.9. The number of aromatic hydroxyl groups is 2. The molecule has 0 unspecified atom stereocenters. The van der Waals surface area contributed by atoms with Crippen molar-refractivity contribution in [3.63, 3.8) is 0 Å². The Balaban J connectivity index is 2.13. The Hall–Kier alpha value is -2.56. The van der Waals surface area contributed by atoms with E-state index in [0.29, 0.717) is 5.69 Å². The maximum atomic E-state index is 13.1. The van der Waals surface area contributed by atoms with Crippen LogP contribution < -0.4 is 4.90 Å². The van der Waals surface area contributed by atoms with Gasteiger partial charge in [0.05, 0.1) is 6.54 Å². The van der Waals surface area contributed by atoms with Gasteiger partial charge in [-0.1, -0.05) is 6.07 Å². The first-order chi connectivity index (χ1) is 9.47. The van der Waals surface area contributed by atoms with Crippen molar-refractivity contribution in [2.75, 3.05) is 18.5 Å². The van der Waals surface area contributed by atoms with Crippen LogP contribution >= 0.6 is 0 Å². The second-order valence-corrected chi connectivity index (χ2v) is 4.46. The molecule has 4 nitrogen and oxygen atoms in total. The number of phenols is 2. The van der Waals surface area contributed by atoms with E-state index < -0.39 is 0 Å². The van der Waals surface area contributed by atoms with E-state index in [9.17, 15) is 19.4 Å². The van der Waals surface area contributed by atoms with Crippen LogP contribution in [0.2, 0.25) is 0 Å². The number of rotatable bonds is 4. The van der Waals surface area contributed by atoms with Gasteiger partial charge < -0.3 is 15.1 Å². The third kappa shape index (κ3) is 3.06. The molecule has 0 atom stereocenters. The number of ketones is 1. The van der Waals surface area contributed by atoms with E-state index >= 15 is 0 Å².